The molecule has 1 unspecified atom stereocenters. The summed E-state index contributed by atoms with van der Waals surface area (Å²) in [4.78, 5) is 17.6. The number of rotatable bonds is 6. The Morgan fingerprint density at radius 1 is 1.10 bits per heavy atom. The first kappa shape index (κ1) is 19.8. The highest BCUT2D eigenvalue weighted by atomic mass is 16.5. The van der Waals surface area contributed by atoms with Crippen LogP contribution in [0.2, 0.25) is 0 Å². The number of aliphatic hydroxyl groups is 1. The van der Waals surface area contributed by atoms with Crippen LogP contribution in [0.3, 0.4) is 0 Å². The first-order valence-corrected chi connectivity index (χ1v) is 9.83. The fourth-order valence-corrected chi connectivity index (χ4v) is 3.39. The van der Waals surface area contributed by atoms with Crippen molar-refractivity contribution in [2.45, 2.75) is 33.4 Å². The number of benzene rings is 2. The molecule has 0 saturated heterocycles. The van der Waals surface area contributed by atoms with E-state index in [1.807, 2.05) is 62.4 Å². The molecule has 154 valence electrons. The lowest BCUT2D eigenvalue weighted by molar-refractivity contribution is 0.0905. The first-order chi connectivity index (χ1) is 14.4. The maximum absolute atomic E-state index is 13.0. The molecule has 1 N–H and O–H groups in total. The molecule has 0 spiro atoms. The van der Waals surface area contributed by atoms with E-state index in [2.05, 4.69) is 10.1 Å². The number of hydrogen-bond acceptors (Lipinski definition) is 5. The van der Waals surface area contributed by atoms with Crippen LogP contribution in [0.25, 0.3) is 16.7 Å². The number of aryl methyl sites for hydroxylation is 3. The van der Waals surface area contributed by atoms with Crippen molar-refractivity contribution in [2.75, 3.05) is 6.61 Å². The van der Waals surface area contributed by atoms with Crippen molar-refractivity contribution in [1.29, 1.82) is 0 Å². The third kappa shape index (κ3) is 3.84. The average molecular weight is 404 g/mol. The number of fused-ring (bicyclic) bond motifs is 1. The Hall–Kier alpha value is -3.45. The predicted molar refractivity (Wildman–Crippen MR) is 115 cm³/mol. The number of hydrogen-bond donors (Lipinski definition) is 1. The molecule has 0 saturated carbocycles. The van der Waals surface area contributed by atoms with Gasteiger partial charge in [-0.15, -0.1) is 0 Å². The van der Waals surface area contributed by atoms with Crippen LogP contribution in [0.1, 0.15) is 17.0 Å². The fourth-order valence-electron chi connectivity index (χ4n) is 3.39. The van der Waals surface area contributed by atoms with E-state index in [1.54, 1.807) is 11.6 Å². The highest BCUT2D eigenvalue weighted by molar-refractivity contribution is 5.75. The molecule has 0 aliphatic heterocycles. The van der Waals surface area contributed by atoms with Gasteiger partial charge in [0, 0.05) is 0 Å². The van der Waals surface area contributed by atoms with E-state index in [4.69, 9.17) is 4.74 Å². The summed E-state index contributed by atoms with van der Waals surface area (Å²) in [5, 5.41) is 15.2. The quantitative estimate of drug-likeness (QED) is 0.534. The fraction of sp³-hybridized carbons (Fsp3) is 0.261. The average Bonchev–Trinajstić information content (AvgIpc) is 3.16. The minimum absolute atomic E-state index is 0.0808. The molecule has 2 aromatic heterocycles. The normalized spacial score (nSPS) is 12.3. The van der Waals surface area contributed by atoms with Crippen molar-refractivity contribution in [2.24, 2.45) is 0 Å². The van der Waals surface area contributed by atoms with E-state index < -0.39 is 6.10 Å². The molecule has 1 atom stereocenters. The van der Waals surface area contributed by atoms with Crippen LogP contribution < -0.4 is 10.3 Å². The van der Waals surface area contributed by atoms with E-state index >= 15 is 0 Å². The largest absolute Gasteiger partial charge is 0.491 e. The number of nitrogens with zero attached hydrogens (tertiary/aromatic N) is 4. The molecule has 0 fully saturated rings. The Labute approximate surface area is 174 Å². The summed E-state index contributed by atoms with van der Waals surface area (Å²) in [6.07, 6.45) is 0.664. The van der Waals surface area contributed by atoms with Crippen molar-refractivity contribution in [3.8, 4) is 11.4 Å². The van der Waals surface area contributed by atoms with E-state index in [-0.39, 0.29) is 18.7 Å². The molecular weight excluding hydrogens is 380 g/mol. The van der Waals surface area contributed by atoms with Crippen molar-refractivity contribution in [3.63, 3.8) is 0 Å². The van der Waals surface area contributed by atoms with Gasteiger partial charge in [0.25, 0.3) is 5.56 Å². The molecule has 0 aliphatic carbocycles. The van der Waals surface area contributed by atoms with Gasteiger partial charge in [-0.25, -0.2) is 9.67 Å². The SMILES string of the molecule is Cc1ccc(C)c(OCC(O)Cn2c(C)nc3c(cnn3-c3ccccc3)c2=O)c1. The Bertz CT molecular complexity index is 1240. The summed E-state index contributed by atoms with van der Waals surface area (Å²) >= 11 is 0. The minimum Gasteiger partial charge on any atom is -0.491 e. The third-order valence-corrected chi connectivity index (χ3v) is 5.05. The zero-order valence-electron chi connectivity index (χ0n) is 17.2. The lowest BCUT2D eigenvalue weighted by Gasteiger charge is -2.17. The van der Waals surface area contributed by atoms with Gasteiger partial charge >= 0.3 is 0 Å². The Morgan fingerprint density at radius 3 is 2.63 bits per heavy atom. The minimum atomic E-state index is -0.857. The van der Waals surface area contributed by atoms with Crippen LogP contribution in [0, 0.1) is 20.8 Å². The highest BCUT2D eigenvalue weighted by Gasteiger charge is 2.17. The molecule has 4 rings (SSSR count). The van der Waals surface area contributed by atoms with Gasteiger partial charge in [-0.1, -0.05) is 30.3 Å². The topological polar surface area (TPSA) is 82.2 Å². The second-order valence-electron chi connectivity index (χ2n) is 7.44. The van der Waals surface area contributed by atoms with E-state index in [0.717, 1.165) is 22.6 Å². The van der Waals surface area contributed by atoms with Crippen LogP contribution in [0.4, 0.5) is 0 Å². The summed E-state index contributed by atoms with van der Waals surface area (Å²) < 4.78 is 8.89. The van der Waals surface area contributed by atoms with Gasteiger partial charge in [-0.3, -0.25) is 9.36 Å². The summed E-state index contributed by atoms with van der Waals surface area (Å²) in [5.41, 5.74) is 3.19. The number of para-hydroxylation sites is 1. The Kier molecular flexibility index (Phi) is 5.37. The molecule has 0 bridgehead atoms. The molecular formula is C23H24N4O3. The van der Waals surface area contributed by atoms with E-state index in [0.29, 0.717) is 16.9 Å². The van der Waals surface area contributed by atoms with Crippen LogP contribution >= 0.6 is 0 Å². The van der Waals surface area contributed by atoms with Gasteiger partial charge in [0.15, 0.2) is 5.65 Å². The van der Waals surface area contributed by atoms with Gasteiger partial charge in [-0.2, -0.15) is 5.10 Å². The molecule has 7 heteroatoms. The monoisotopic (exact) mass is 404 g/mol. The van der Waals surface area contributed by atoms with Gasteiger partial charge in [-0.05, 0) is 50.1 Å². The zero-order valence-corrected chi connectivity index (χ0v) is 17.2. The highest BCUT2D eigenvalue weighted by Crippen LogP contribution is 2.19. The molecule has 0 aliphatic rings. The number of ether oxygens (including phenoxy) is 1. The van der Waals surface area contributed by atoms with Crippen LogP contribution in [-0.2, 0) is 6.54 Å². The van der Waals surface area contributed by atoms with Crippen molar-refractivity contribution >= 4 is 11.0 Å². The lowest BCUT2D eigenvalue weighted by atomic mass is 10.1. The second kappa shape index (κ2) is 8.12. The second-order valence-corrected chi connectivity index (χ2v) is 7.44. The van der Waals surface area contributed by atoms with Gasteiger partial charge < -0.3 is 9.84 Å². The lowest BCUT2D eigenvalue weighted by Crippen LogP contribution is -2.32. The maximum atomic E-state index is 13.0. The summed E-state index contributed by atoms with van der Waals surface area (Å²) in [6.45, 7) is 5.87. The van der Waals surface area contributed by atoms with E-state index in [1.165, 1.54) is 10.8 Å². The summed E-state index contributed by atoms with van der Waals surface area (Å²) in [7, 11) is 0. The van der Waals surface area contributed by atoms with Gasteiger partial charge in [0.2, 0.25) is 0 Å². The zero-order chi connectivity index (χ0) is 21.3. The van der Waals surface area contributed by atoms with E-state index in [9.17, 15) is 9.90 Å². The molecule has 2 aromatic carbocycles. The van der Waals surface area contributed by atoms with Crippen molar-refractivity contribution in [3.05, 3.63) is 82.0 Å². The van der Waals surface area contributed by atoms with Crippen LogP contribution in [0.15, 0.2) is 59.5 Å². The molecule has 0 radical (unpaired) electrons. The summed E-state index contributed by atoms with van der Waals surface area (Å²) in [6, 6.07) is 15.5. The Morgan fingerprint density at radius 2 is 1.87 bits per heavy atom. The molecule has 4 aromatic rings. The summed E-state index contributed by atoms with van der Waals surface area (Å²) in [5.74, 6) is 1.24. The number of aliphatic hydroxyl groups excluding tert-OH is 1. The molecule has 30 heavy (non-hydrogen) atoms. The number of aromatic nitrogens is 4. The standard InChI is InChI=1S/C23H24N4O3/c1-15-9-10-16(2)21(11-15)30-14-19(28)13-26-17(3)25-22-20(23(26)29)12-24-27(22)18-7-5-4-6-8-18/h4-12,19,28H,13-14H2,1-3H3. The molecule has 2 heterocycles. The smallest absolute Gasteiger partial charge is 0.264 e. The molecule has 0 amide bonds. The van der Waals surface area contributed by atoms with Gasteiger partial charge in [0.1, 0.15) is 29.7 Å². The van der Waals surface area contributed by atoms with Crippen molar-refractivity contribution < 1.29 is 9.84 Å². The third-order valence-electron chi connectivity index (χ3n) is 5.05. The van der Waals surface area contributed by atoms with Crippen molar-refractivity contribution in [1.82, 2.24) is 19.3 Å². The van der Waals surface area contributed by atoms with Gasteiger partial charge in [0.05, 0.1) is 18.4 Å². The molecule has 7 nitrogen and oxygen atoms in total. The Balaban J connectivity index is 1.57. The first-order valence-electron chi connectivity index (χ1n) is 9.83. The maximum Gasteiger partial charge on any atom is 0.264 e. The van der Waals surface area contributed by atoms with Crippen LogP contribution in [0.5, 0.6) is 5.75 Å². The van der Waals surface area contributed by atoms with Crippen LogP contribution in [-0.4, -0.2) is 37.1 Å². The predicted octanol–water partition coefficient (Wildman–Crippen LogP) is 2.95.